The molecule has 0 spiro atoms. The molecular formula is C6H11N3O4. The van der Waals surface area contributed by atoms with Crippen LogP contribution in [0.15, 0.2) is 5.11 Å². The fourth-order valence-electron chi connectivity index (χ4n) is 1.16. The summed E-state index contributed by atoms with van der Waals surface area (Å²) in [5.41, 5.74) is 8.01. The topological polar surface area (TPSA) is 119 Å². The molecule has 13 heavy (non-hydrogen) atoms. The third kappa shape index (κ3) is 2.55. The Hall–Kier alpha value is -0.850. The lowest BCUT2D eigenvalue weighted by molar-refractivity contribution is -0.242. The number of hydrogen-bond acceptors (Lipinski definition) is 5. The molecule has 3 N–H and O–H groups in total. The van der Waals surface area contributed by atoms with Crippen molar-refractivity contribution in [3.63, 3.8) is 0 Å². The number of azide groups is 1. The smallest absolute Gasteiger partial charge is 0.181 e. The van der Waals surface area contributed by atoms with Gasteiger partial charge >= 0.3 is 0 Å². The first-order valence-electron chi connectivity index (χ1n) is 3.85. The van der Waals surface area contributed by atoms with Crippen molar-refractivity contribution < 1.29 is 20.1 Å². The van der Waals surface area contributed by atoms with E-state index in [2.05, 4.69) is 10.0 Å². The highest BCUT2D eigenvalue weighted by Gasteiger charge is 2.34. The molecule has 0 amide bonds. The lowest BCUT2D eigenvalue weighted by atomic mass is 10.0. The second-order valence-electron chi connectivity index (χ2n) is 2.85. The average molecular weight is 189 g/mol. The van der Waals surface area contributed by atoms with Crippen molar-refractivity contribution in [2.75, 3.05) is 6.54 Å². The third-order valence-electron chi connectivity index (χ3n) is 1.88. The first-order chi connectivity index (χ1) is 6.15. The molecule has 1 saturated heterocycles. The molecule has 1 aliphatic rings. The minimum Gasteiger partial charge on any atom is -0.390 e. The Morgan fingerprint density at radius 3 is 2.69 bits per heavy atom. The molecule has 0 aromatic carbocycles. The Kier molecular flexibility index (Phi) is 3.47. The molecule has 0 aliphatic carbocycles. The number of aliphatic hydroxyl groups excluding tert-OH is 3. The van der Waals surface area contributed by atoms with E-state index in [1.165, 1.54) is 0 Å². The van der Waals surface area contributed by atoms with Gasteiger partial charge in [-0.1, -0.05) is 5.11 Å². The summed E-state index contributed by atoms with van der Waals surface area (Å²) in [5.74, 6) is 0. The Labute approximate surface area is 74.2 Å². The van der Waals surface area contributed by atoms with E-state index in [1.54, 1.807) is 0 Å². The van der Waals surface area contributed by atoms with Crippen molar-refractivity contribution in [2.45, 2.75) is 31.0 Å². The van der Waals surface area contributed by atoms with Crippen molar-refractivity contribution in [3.8, 4) is 0 Å². The summed E-state index contributed by atoms with van der Waals surface area (Å²) in [4.78, 5) is 2.50. The molecule has 1 heterocycles. The maximum Gasteiger partial charge on any atom is 0.181 e. The second kappa shape index (κ2) is 4.40. The number of ether oxygens (including phenoxy) is 1. The normalized spacial score (nSPS) is 39.6. The first-order valence-corrected chi connectivity index (χ1v) is 3.85. The molecule has 0 unspecified atom stereocenters. The molecule has 1 fully saturated rings. The van der Waals surface area contributed by atoms with E-state index in [1.807, 2.05) is 0 Å². The van der Waals surface area contributed by atoms with E-state index < -0.39 is 24.6 Å². The van der Waals surface area contributed by atoms with Crippen LogP contribution in [-0.4, -0.2) is 46.5 Å². The number of hydrogen-bond donors (Lipinski definition) is 3. The largest absolute Gasteiger partial charge is 0.390 e. The van der Waals surface area contributed by atoms with Gasteiger partial charge in [0, 0.05) is 11.3 Å². The van der Waals surface area contributed by atoms with Crippen LogP contribution in [0.3, 0.4) is 0 Å². The summed E-state index contributed by atoms with van der Waals surface area (Å²) in [7, 11) is 0. The van der Waals surface area contributed by atoms with Crippen LogP contribution in [0.1, 0.15) is 6.42 Å². The zero-order valence-corrected chi connectivity index (χ0v) is 6.82. The van der Waals surface area contributed by atoms with Gasteiger partial charge in [-0.05, 0) is 5.53 Å². The van der Waals surface area contributed by atoms with Gasteiger partial charge in [-0.25, -0.2) is 0 Å². The predicted octanol–water partition coefficient (Wildman–Crippen LogP) is -0.874. The SMILES string of the molecule is [N-]=[N+]=NC[C@H]1O[C@@H](O)[C@@H](O)C[C@@H]1O. The van der Waals surface area contributed by atoms with Crippen LogP contribution in [0.25, 0.3) is 10.4 Å². The lowest BCUT2D eigenvalue weighted by Crippen LogP contribution is -2.48. The lowest BCUT2D eigenvalue weighted by Gasteiger charge is -2.33. The van der Waals surface area contributed by atoms with Gasteiger partial charge in [-0.15, -0.1) is 0 Å². The zero-order valence-electron chi connectivity index (χ0n) is 6.82. The molecule has 0 saturated carbocycles. The van der Waals surface area contributed by atoms with Gasteiger partial charge in [0.2, 0.25) is 0 Å². The van der Waals surface area contributed by atoms with Gasteiger partial charge in [-0.3, -0.25) is 0 Å². The van der Waals surface area contributed by atoms with E-state index in [9.17, 15) is 5.11 Å². The highest BCUT2D eigenvalue weighted by atomic mass is 16.6. The number of aliphatic hydroxyl groups is 3. The van der Waals surface area contributed by atoms with Crippen LogP contribution >= 0.6 is 0 Å². The zero-order chi connectivity index (χ0) is 9.84. The van der Waals surface area contributed by atoms with Gasteiger partial charge in [0.15, 0.2) is 6.29 Å². The van der Waals surface area contributed by atoms with Crippen LogP contribution < -0.4 is 0 Å². The van der Waals surface area contributed by atoms with E-state index >= 15 is 0 Å². The highest BCUT2D eigenvalue weighted by Crippen LogP contribution is 2.18. The predicted molar refractivity (Wildman–Crippen MR) is 41.5 cm³/mol. The maximum absolute atomic E-state index is 9.30. The van der Waals surface area contributed by atoms with Gasteiger partial charge in [0.1, 0.15) is 6.10 Å². The summed E-state index contributed by atoms with van der Waals surface area (Å²) in [6.07, 6.45) is -4.04. The quantitative estimate of drug-likeness (QED) is 0.297. The van der Waals surface area contributed by atoms with Crippen molar-refractivity contribution >= 4 is 0 Å². The van der Waals surface area contributed by atoms with E-state index in [-0.39, 0.29) is 13.0 Å². The average Bonchev–Trinajstić information content (AvgIpc) is 2.09. The molecule has 0 bridgehead atoms. The molecule has 7 nitrogen and oxygen atoms in total. The van der Waals surface area contributed by atoms with E-state index in [0.717, 1.165) is 0 Å². The van der Waals surface area contributed by atoms with E-state index in [0.29, 0.717) is 0 Å². The summed E-state index contributed by atoms with van der Waals surface area (Å²) in [6.45, 7) is -0.0541. The minimum atomic E-state index is -1.32. The van der Waals surface area contributed by atoms with Crippen molar-refractivity contribution in [1.82, 2.24) is 0 Å². The first kappa shape index (κ1) is 10.2. The number of nitrogens with zero attached hydrogens (tertiary/aromatic N) is 3. The highest BCUT2D eigenvalue weighted by molar-refractivity contribution is 4.81. The van der Waals surface area contributed by atoms with Gasteiger partial charge in [-0.2, -0.15) is 0 Å². The molecule has 7 heteroatoms. The summed E-state index contributed by atoms with van der Waals surface area (Å²) < 4.78 is 4.80. The van der Waals surface area contributed by atoms with Gasteiger partial charge in [0.05, 0.1) is 18.8 Å². The standard InChI is InChI=1S/C6H11N3O4/c7-9-8-2-5-3(10)1-4(11)6(12)13-5/h3-6,10-12H,1-2H2/t3-,4-,5+,6+/m0/s1. The van der Waals surface area contributed by atoms with Crippen molar-refractivity contribution in [3.05, 3.63) is 10.4 Å². The van der Waals surface area contributed by atoms with Crippen LogP contribution in [0.2, 0.25) is 0 Å². The summed E-state index contributed by atoms with van der Waals surface area (Å²) in [6, 6.07) is 0. The molecule has 4 atom stereocenters. The third-order valence-corrected chi connectivity index (χ3v) is 1.88. The molecule has 1 rings (SSSR count). The van der Waals surface area contributed by atoms with E-state index in [4.69, 9.17) is 20.5 Å². The summed E-state index contributed by atoms with van der Waals surface area (Å²) in [5, 5.41) is 30.6. The number of rotatable bonds is 2. The summed E-state index contributed by atoms with van der Waals surface area (Å²) >= 11 is 0. The van der Waals surface area contributed by atoms with Gasteiger partial charge < -0.3 is 20.1 Å². The maximum atomic E-state index is 9.30. The van der Waals surface area contributed by atoms with Crippen LogP contribution in [0.4, 0.5) is 0 Å². The Balaban J connectivity index is 2.50. The van der Waals surface area contributed by atoms with Crippen LogP contribution in [0, 0.1) is 0 Å². The molecular weight excluding hydrogens is 178 g/mol. The molecule has 0 radical (unpaired) electrons. The van der Waals surface area contributed by atoms with Crippen LogP contribution in [-0.2, 0) is 4.74 Å². The van der Waals surface area contributed by atoms with Crippen molar-refractivity contribution in [1.29, 1.82) is 0 Å². The Morgan fingerprint density at radius 2 is 2.08 bits per heavy atom. The van der Waals surface area contributed by atoms with Crippen LogP contribution in [0.5, 0.6) is 0 Å². The van der Waals surface area contributed by atoms with Gasteiger partial charge in [0.25, 0.3) is 0 Å². The Morgan fingerprint density at radius 1 is 1.38 bits per heavy atom. The Bertz CT molecular complexity index is 218. The van der Waals surface area contributed by atoms with Crippen molar-refractivity contribution in [2.24, 2.45) is 5.11 Å². The monoisotopic (exact) mass is 189 g/mol. The fraction of sp³-hybridized carbons (Fsp3) is 1.00. The second-order valence-corrected chi connectivity index (χ2v) is 2.85. The molecule has 0 aromatic heterocycles. The molecule has 0 aromatic rings. The molecule has 1 aliphatic heterocycles. The molecule has 74 valence electrons. The minimum absolute atomic E-state index is 0.0206. The fourth-order valence-corrected chi connectivity index (χ4v) is 1.16.